The van der Waals surface area contributed by atoms with Crippen molar-refractivity contribution in [1.29, 1.82) is 0 Å². The summed E-state index contributed by atoms with van der Waals surface area (Å²) in [6.45, 7) is 4.45. The first kappa shape index (κ1) is 16.7. The van der Waals surface area contributed by atoms with Crippen LogP contribution in [0.1, 0.15) is 27.3 Å². The van der Waals surface area contributed by atoms with E-state index in [2.05, 4.69) is 5.32 Å². The van der Waals surface area contributed by atoms with Crippen LogP contribution in [0.2, 0.25) is 0 Å². The number of carbonyl (C=O) groups excluding carboxylic acids is 1. The van der Waals surface area contributed by atoms with Gasteiger partial charge in [-0.25, -0.2) is 9.18 Å². The minimum absolute atomic E-state index is 0.338. The Kier molecular flexibility index (Phi) is 4.83. The van der Waals surface area contributed by atoms with E-state index < -0.39 is 24.6 Å². The molecule has 1 heterocycles. The van der Waals surface area contributed by atoms with Gasteiger partial charge in [0.1, 0.15) is 6.67 Å². The Labute approximate surface area is 133 Å². The van der Waals surface area contributed by atoms with Crippen LogP contribution in [-0.4, -0.2) is 34.3 Å². The van der Waals surface area contributed by atoms with E-state index in [1.165, 1.54) is 0 Å². The molecule has 0 fully saturated rings. The van der Waals surface area contributed by atoms with Crippen LogP contribution in [0.4, 0.5) is 4.39 Å². The normalized spacial score (nSPS) is 12.0. The zero-order valence-electron chi connectivity index (χ0n) is 13.3. The van der Waals surface area contributed by atoms with Crippen LogP contribution in [0.25, 0.3) is 5.69 Å². The zero-order chi connectivity index (χ0) is 17.1. The quantitative estimate of drug-likeness (QED) is 0.890. The summed E-state index contributed by atoms with van der Waals surface area (Å²) in [6.07, 6.45) is 0. The summed E-state index contributed by atoms with van der Waals surface area (Å²) in [4.78, 5) is 23.1. The molecule has 0 radical (unpaired) electrons. The molecule has 0 spiro atoms. The van der Waals surface area contributed by atoms with Crippen molar-refractivity contribution in [3.05, 3.63) is 52.8 Å². The van der Waals surface area contributed by atoms with Gasteiger partial charge in [0.05, 0.1) is 5.56 Å². The first-order chi connectivity index (χ1) is 10.9. The number of hydrogen-bond donors (Lipinski definition) is 2. The van der Waals surface area contributed by atoms with Gasteiger partial charge in [-0.3, -0.25) is 4.79 Å². The Morgan fingerprint density at radius 3 is 2.48 bits per heavy atom. The number of nitrogens with one attached hydrogen (secondary N) is 1. The number of aryl methyl sites for hydroxylation is 2. The highest BCUT2D eigenvalue weighted by Gasteiger charge is 2.23. The van der Waals surface area contributed by atoms with E-state index in [1.807, 2.05) is 42.7 Å². The lowest BCUT2D eigenvalue weighted by Gasteiger charge is -2.13. The second kappa shape index (κ2) is 6.64. The standard InChI is InChI=1S/C17H19FN2O3/c1-10-6-4-5-7-15(10)20-11(2)8-13(12(20)3)16(21)19-14(9-18)17(22)23/h4-8,14H,9H2,1-3H3,(H,19,21)(H,22,23). The lowest BCUT2D eigenvalue weighted by molar-refractivity contribution is -0.139. The molecule has 0 bridgehead atoms. The van der Waals surface area contributed by atoms with Crippen molar-refractivity contribution in [2.75, 3.05) is 6.67 Å². The van der Waals surface area contributed by atoms with Crippen LogP contribution in [0.5, 0.6) is 0 Å². The average molecular weight is 318 g/mol. The molecule has 2 N–H and O–H groups in total. The number of carbonyl (C=O) groups is 2. The largest absolute Gasteiger partial charge is 0.480 e. The van der Waals surface area contributed by atoms with E-state index in [-0.39, 0.29) is 0 Å². The third-order valence-corrected chi connectivity index (χ3v) is 3.79. The van der Waals surface area contributed by atoms with Crippen LogP contribution in [0, 0.1) is 20.8 Å². The number of carboxylic acid groups (broad SMARTS) is 1. The van der Waals surface area contributed by atoms with Gasteiger partial charge in [0.15, 0.2) is 6.04 Å². The summed E-state index contributed by atoms with van der Waals surface area (Å²) in [6, 6.07) is 7.89. The Morgan fingerprint density at radius 1 is 1.26 bits per heavy atom. The van der Waals surface area contributed by atoms with Crippen molar-refractivity contribution in [3.63, 3.8) is 0 Å². The lowest BCUT2D eigenvalue weighted by atomic mass is 10.2. The molecule has 5 nitrogen and oxygen atoms in total. The first-order valence-corrected chi connectivity index (χ1v) is 7.21. The number of para-hydroxylation sites is 1. The highest BCUT2D eigenvalue weighted by Crippen LogP contribution is 2.23. The maximum absolute atomic E-state index is 12.7. The SMILES string of the molecule is Cc1ccccc1-n1c(C)cc(C(=O)NC(CF)C(=O)O)c1C. The van der Waals surface area contributed by atoms with E-state index in [0.29, 0.717) is 11.3 Å². The number of halogens is 1. The van der Waals surface area contributed by atoms with Gasteiger partial charge < -0.3 is 15.0 Å². The zero-order valence-corrected chi connectivity index (χ0v) is 13.3. The van der Waals surface area contributed by atoms with E-state index >= 15 is 0 Å². The maximum atomic E-state index is 12.7. The minimum atomic E-state index is -1.54. The van der Waals surface area contributed by atoms with Gasteiger partial charge in [-0.05, 0) is 38.5 Å². The molecule has 1 atom stereocenters. The monoisotopic (exact) mass is 318 g/mol. The molecule has 2 rings (SSSR count). The number of hydrogen-bond acceptors (Lipinski definition) is 2. The van der Waals surface area contributed by atoms with Gasteiger partial charge in [0, 0.05) is 17.1 Å². The fourth-order valence-electron chi connectivity index (χ4n) is 2.58. The Morgan fingerprint density at radius 2 is 1.91 bits per heavy atom. The Hall–Kier alpha value is -2.63. The van der Waals surface area contributed by atoms with Crippen LogP contribution in [0.15, 0.2) is 30.3 Å². The predicted octanol–water partition coefficient (Wildman–Crippen LogP) is 2.56. The molecule has 0 saturated heterocycles. The fraction of sp³-hybridized carbons (Fsp3) is 0.294. The predicted molar refractivity (Wildman–Crippen MR) is 84.8 cm³/mol. The number of aromatic nitrogens is 1. The summed E-state index contributed by atoms with van der Waals surface area (Å²) in [7, 11) is 0. The number of amides is 1. The highest BCUT2D eigenvalue weighted by atomic mass is 19.1. The topological polar surface area (TPSA) is 71.3 Å². The molecular weight excluding hydrogens is 299 g/mol. The van der Waals surface area contributed by atoms with Crippen molar-refractivity contribution < 1.29 is 19.1 Å². The molecule has 2 aromatic rings. The van der Waals surface area contributed by atoms with Gasteiger partial charge >= 0.3 is 5.97 Å². The molecule has 0 aliphatic carbocycles. The third kappa shape index (κ3) is 3.26. The number of benzene rings is 1. The number of carboxylic acids is 1. The lowest BCUT2D eigenvalue weighted by Crippen LogP contribution is -2.42. The van der Waals surface area contributed by atoms with Crippen LogP contribution >= 0.6 is 0 Å². The molecule has 1 aromatic carbocycles. The summed E-state index contributed by atoms with van der Waals surface area (Å²) >= 11 is 0. The van der Waals surface area contributed by atoms with Crippen molar-refractivity contribution in [2.24, 2.45) is 0 Å². The van der Waals surface area contributed by atoms with E-state index in [1.54, 1.807) is 13.0 Å². The van der Waals surface area contributed by atoms with Crippen molar-refractivity contribution in [3.8, 4) is 5.69 Å². The molecule has 0 aliphatic heterocycles. The van der Waals surface area contributed by atoms with E-state index in [0.717, 1.165) is 16.9 Å². The van der Waals surface area contributed by atoms with Crippen molar-refractivity contribution >= 4 is 11.9 Å². The summed E-state index contributed by atoms with van der Waals surface area (Å²) in [5, 5.41) is 11.1. The molecule has 0 saturated carbocycles. The van der Waals surface area contributed by atoms with Gasteiger partial charge in [-0.2, -0.15) is 0 Å². The summed E-state index contributed by atoms with van der Waals surface area (Å²) < 4.78 is 14.6. The smallest absolute Gasteiger partial charge is 0.328 e. The van der Waals surface area contributed by atoms with Crippen LogP contribution in [-0.2, 0) is 4.79 Å². The van der Waals surface area contributed by atoms with Crippen molar-refractivity contribution in [1.82, 2.24) is 9.88 Å². The van der Waals surface area contributed by atoms with Gasteiger partial charge in [-0.1, -0.05) is 18.2 Å². The Balaban J connectivity index is 2.40. The molecular formula is C17H19FN2O3. The third-order valence-electron chi connectivity index (χ3n) is 3.79. The Bertz CT molecular complexity index is 752. The van der Waals surface area contributed by atoms with E-state index in [9.17, 15) is 14.0 Å². The molecule has 0 aliphatic rings. The number of aliphatic carboxylic acids is 1. The molecule has 1 unspecified atom stereocenters. The highest BCUT2D eigenvalue weighted by molar-refractivity contribution is 5.98. The average Bonchev–Trinajstić information content (AvgIpc) is 2.80. The second-order valence-electron chi connectivity index (χ2n) is 5.43. The fourth-order valence-corrected chi connectivity index (χ4v) is 2.58. The molecule has 1 aromatic heterocycles. The number of alkyl halides is 1. The van der Waals surface area contributed by atoms with Gasteiger partial charge in [0.25, 0.3) is 5.91 Å². The number of rotatable bonds is 5. The minimum Gasteiger partial charge on any atom is -0.480 e. The molecule has 6 heteroatoms. The first-order valence-electron chi connectivity index (χ1n) is 7.21. The van der Waals surface area contributed by atoms with Crippen LogP contribution < -0.4 is 5.32 Å². The molecule has 1 amide bonds. The summed E-state index contributed by atoms with van der Waals surface area (Å²) in [5.74, 6) is -1.99. The van der Waals surface area contributed by atoms with Gasteiger partial charge in [0.2, 0.25) is 0 Å². The maximum Gasteiger partial charge on any atom is 0.328 e. The van der Waals surface area contributed by atoms with Gasteiger partial charge in [-0.15, -0.1) is 0 Å². The van der Waals surface area contributed by atoms with Crippen molar-refractivity contribution in [2.45, 2.75) is 26.8 Å². The molecule has 122 valence electrons. The second-order valence-corrected chi connectivity index (χ2v) is 5.43. The van der Waals surface area contributed by atoms with Crippen LogP contribution in [0.3, 0.4) is 0 Å². The summed E-state index contributed by atoms with van der Waals surface area (Å²) in [5.41, 5.74) is 3.85. The van der Waals surface area contributed by atoms with E-state index in [4.69, 9.17) is 5.11 Å². The molecule has 23 heavy (non-hydrogen) atoms. The number of nitrogens with zero attached hydrogens (tertiary/aromatic N) is 1.